The van der Waals surface area contributed by atoms with Crippen molar-refractivity contribution in [2.24, 2.45) is 20.8 Å². The number of nitrogens with zero attached hydrogens (tertiary/aromatic N) is 3. The zero-order chi connectivity index (χ0) is 15.1. The minimum absolute atomic E-state index is 0.106. The van der Waals surface area contributed by atoms with Crippen LogP contribution in [0.15, 0.2) is 9.98 Å². The third-order valence-electron chi connectivity index (χ3n) is 3.85. The van der Waals surface area contributed by atoms with Gasteiger partial charge in [0.1, 0.15) is 13.2 Å². The van der Waals surface area contributed by atoms with Gasteiger partial charge >= 0.3 is 0 Å². The molecule has 2 aliphatic rings. The lowest BCUT2D eigenvalue weighted by atomic mass is 9.88. The molecule has 0 aromatic carbocycles. The molecule has 114 valence electrons. The molecular formula is C15H27N3O2. The van der Waals surface area contributed by atoms with E-state index in [1.54, 1.807) is 0 Å². The Hall–Kier alpha value is -1.26. The molecule has 0 saturated heterocycles. The molecule has 0 aliphatic carbocycles. The summed E-state index contributed by atoms with van der Waals surface area (Å²) in [6.45, 7) is 14.3. The normalized spacial score (nSPS) is 26.8. The zero-order valence-corrected chi connectivity index (χ0v) is 13.7. The number of ether oxygens (including phenoxy) is 2. The average molecular weight is 281 g/mol. The lowest BCUT2D eigenvalue weighted by Gasteiger charge is -2.21. The number of hydrogen-bond acceptors (Lipinski definition) is 5. The summed E-state index contributed by atoms with van der Waals surface area (Å²) in [6, 6.07) is 1.58. The van der Waals surface area contributed by atoms with Crippen LogP contribution >= 0.6 is 0 Å². The van der Waals surface area contributed by atoms with Gasteiger partial charge in [-0.05, 0) is 10.8 Å². The predicted octanol–water partition coefficient (Wildman–Crippen LogP) is 2.52. The van der Waals surface area contributed by atoms with Crippen LogP contribution in [0.4, 0.5) is 0 Å². The van der Waals surface area contributed by atoms with Gasteiger partial charge in [0.15, 0.2) is 0 Å². The van der Waals surface area contributed by atoms with Gasteiger partial charge in [0, 0.05) is 7.05 Å². The first kappa shape index (κ1) is 15.1. The maximum Gasteiger partial charge on any atom is 0.295 e. The smallest absolute Gasteiger partial charge is 0.295 e. The van der Waals surface area contributed by atoms with Crippen molar-refractivity contribution < 1.29 is 9.47 Å². The molecule has 2 atom stereocenters. The van der Waals surface area contributed by atoms with Crippen LogP contribution in [-0.2, 0) is 9.47 Å². The van der Waals surface area contributed by atoms with Gasteiger partial charge in [0.2, 0.25) is 0 Å². The predicted molar refractivity (Wildman–Crippen MR) is 81.0 cm³/mol. The van der Waals surface area contributed by atoms with E-state index in [1.165, 1.54) is 0 Å². The van der Waals surface area contributed by atoms with Crippen LogP contribution in [0.2, 0.25) is 0 Å². The number of rotatable bonds is 0. The van der Waals surface area contributed by atoms with Gasteiger partial charge in [-0.1, -0.05) is 41.5 Å². The van der Waals surface area contributed by atoms with E-state index in [4.69, 9.17) is 9.47 Å². The lowest BCUT2D eigenvalue weighted by Crippen LogP contribution is -2.33. The monoisotopic (exact) mass is 281 g/mol. The molecule has 0 aromatic rings. The molecule has 2 heterocycles. The van der Waals surface area contributed by atoms with E-state index in [1.807, 2.05) is 11.9 Å². The molecule has 2 rings (SSSR count). The van der Waals surface area contributed by atoms with Crippen LogP contribution in [0.1, 0.15) is 41.5 Å². The second-order valence-electron chi connectivity index (χ2n) is 7.77. The summed E-state index contributed by atoms with van der Waals surface area (Å²) in [5, 5.41) is 0. The highest BCUT2D eigenvalue weighted by Crippen LogP contribution is 2.28. The largest absolute Gasteiger partial charge is 0.463 e. The van der Waals surface area contributed by atoms with Crippen molar-refractivity contribution in [1.82, 2.24) is 4.90 Å². The van der Waals surface area contributed by atoms with Crippen molar-refractivity contribution in [2.45, 2.75) is 53.6 Å². The quantitative estimate of drug-likeness (QED) is 0.685. The van der Waals surface area contributed by atoms with Crippen LogP contribution < -0.4 is 0 Å². The Balaban J connectivity index is 2.08. The first-order valence-corrected chi connectivity index (χ1v) is 7.24. The first-order chi connectivity index (χ1) is 9.09. The molecule has 0 bridgehead atoms. The van der Waals surface area contributed by atoms with Gasteiger partial charge in [-0.15, -0.1) is 0 Å². The molecule has 5 heteroatoms. The molecule has 20 heavy (non-hydrogen) atoms. The maximum absolute atomic E-state index is 5.70. The third-order valence-corrected chi connectivity index (χ3v) is 3.85. The summed E-state index contributed by atoms with van der Waals surface area (Å²) in [4.78, 5) is 11.1. The molecule has 0 radical (unpaired) electrons. The van der Waals surface area contributed by atoms with E-state index in [2.05, 4.69) is 51.5 Å². The summed E-state index contributed by atoms with van der Waals surface area (Å²) < 4.78 is 11.4. The molecule has 5 nitrogen and oxygen atoms in total. The summed E-state index contributed by atoms with van der Waals surface area (Å²) in [6.07, 6.45) is 0. The van der Waals surface area contributed by atoms with Crippen molar-refractivity contribution in [2.75, 3.05) is 20.3 Å². The van der Waals surface area contributed by atoms with E-state index >= 15 is 0 Å². The van der Waals surface area contributed by atoms with Crippen LogP contribution in [0, 0.1) is 10.8 Å². The molecule has 0 N–H and O–H groups in total. The highest BCUT2D eigenvalue weighted by molar-refractivity contribution is 5.94. The van der Waals surface area contributed by atoms with E-state index in [0.29, 0.717) is 25.3 Å². The maximum atomic E-state index is 5.70. The molecule has 0 aromatic heterocycles. The minimum Gasteiger partial charge on any atom is -0.463 e. The van der Waals surface area contributed by atoms with Gasteiger partial charge in [0.05, 0.1) is 12.1 Å². The average Bonchev–Trinajstić information content (AvgIpc) is 2.96. The van der Waals surface area contributed by atoms with Gasteiger partial charge in [0.25, 0.3) is 12.0 Å². The summed E-state index contributed by atoms with van der Waals surface area (Å²) in [5.74, 6) is 0. The number of aliphatic imine (C=N–C) groups is 2. The standard InChI is InChI=1S/C15H27N3O2/c1-14(2,3)10-8-19-12(16-10)18(7)13-17-11(9-20-13)15(4,5)6/h10-11H,8-9H2,1-7H3/t10-,11-/m1/s1. The molecule has 0 spiro atoms. The van der Waals surface area contributed by atoms with E-state index in [0.717, 1.165) is 0 Å². The van der Waals surface area contributed by atoms with E-state index in [9.17, 15) is 0 Å². The van der Waals surface area contributed by atoms with Crippen molar-refractivity contribution in [3.05, 3.63) is 0 Å². The number of hydrogen-bond donors (Lipinski definition) is 0. The highest BCUT2D eigenvalue weighted by atomic mass is 16.5. The second kappa shape index (κ2) is 4.93. The Morgan fingerprint density at radius 2 is 1.20 bits per heavy atom. The molecule has 0 unspecified atom stereocenters. The third kappa shape index (κ3) is 3.07. The van der Waals surface area contributed by atoms with Crippen LogP contribution in [0.25, 0.3) is 0 Å². The van der Waals surface area contributed by atoms with Gasteiger partial charge in [-0.2, -0.15) is 0 Å². The molecular weight excluding hydrogens is 254 g/mol. The van der Waals surface area contributed by atoms with Crippen LogP contribution in [0.5, 0.6) is 0 Å². The van der Waals surface area contributed by atoms with Crippen LogP contribution in [-0.4, -0.2) is 49.3 Å². The molecule has 0 amide bonds. The zero-order valence-electron chi connectivity index (χ0n) is 13.7. The summed E-state index contributed by atoms with van der Waals surface area (Å²) >= 11 is 0. The molecule has 2 aliphatic heterocycles. The Kier molecular flexibility index (Phi) is 3.73. The van der Waals surface area contributed by atoms with E-state index < -0.39 is 0 Å². The van der Waals surface area contributed by atoms with E-state index in [-0.39, 0.29) is 22.9 Å². The fraction of sp³-hybridized carbons (Fsp3) is 0.867. The summed E-state index contributed by atoms with van der Waals surface area (Å²) in [5.41, 5.74) is 0.212. The second-order valence-corrected chi connectivity index (χ2v) is 7.77. The number of amidine groups is 2. The fourth-order valence-corrected chi connectivity index (χ4v) is 2.06. The SMILES string of the molecule is CN(C1=N[C@@H](C(C)(C)C)CO1)C1=N[C@@H](C(C)(C)C)CO1. The van der Waals surface area contributed by atoms with Crippen molar-refractivity contribution in [3.8, 4) is 0 Å². The van der Waals surface area contributed by atoms with Gasteiger partial charge < -0.3 is 9.47 Å². The fourth-order valence-electron chi connectivity index (χ4n) is 2.06. The van der Waals surface area contributed by atoms with Crippen molar-refractivity contribution in [3.63, 3.8) is 0 Å². The Bertz CT molecular complexity index is 389. The van der Waals surface area contributed by atoms with Crippen molar-refractivity contribution >= 4 is 12.0 Å². The molecule has 0 saturated carbocycles. The van der Waals surface area contributed by atoms with Gasteiger partial charge in [-0.3, -0.25) is 4.90 Å². The topological polar surface area (TPSA) is 46.4 Å². The first-order valence-electron chi connectivity index (χ1n) is 7.24. The Morgan fingerprint density at radius 1 is 0.850 bits per heavy atom. The molecule has 0 fully saturated rings. The lowest BCUT2D eigenvalue weighted by molar-refractivity contribution is 0.209. The highest BCUT2D eigenvalue weighted by Gasteiger charge is 2.36. The van der Waals surface area contributed by atoms with Crippen LogP contribution in [0.3, 0.4) is 0 Å². The minimum atomic E-state index is 0.106. The van der Waals surface area contributed by atoms with Gasteiger partial charge in [-0.25, -0.2) is 9.98 Å². The Morgan fingerprint density at radius 3 is 1.45 bits per heavy atom. The Labute approximate surface area is 122 Å². The summed E-state index contributed by atoms with van der Waals surface area (Å²) in [7, 11) is 1.90. The van der Waals surface area contributed by atoms with Crippen molar-refractivity contribution in [1.29, 1.82) is 0 Å².